The normalized spacial score (nSPS) is 16.6. The molecule has 0 unspecified atom stereocenters. The van der Waals surface area contributed by atoms with Gasteiger partial charge in [0, 0.05) is 31.0 Å². The van der Waals surface area contributed by atoms with Crippen molar-refractivity contribution in [1.29, 1.82) is 0 Å². The lowest BCUT2D eigenvalue weighted by Crippen LogP contribution is -2.43. The smallest absolute Gasteiger partial charge is 0.259 e. The zero-order valence-corrected chi connectivity index (χ0v) is 14.4. The summed E-state index contributed by atoms with van der Waals surface area (Å²) < 4.78 is 0. The number of pyridine rings is 1. The summed E-state index contributed by atoms with van der Waals surface area (Å²) in [6.45, 7) is 2.93. The fourth-order valence-electron chi connectivity index (χ4n) is 3.42. The molecule has 1 aliphatic heterocycles. The number of aliphatic hydroxyl groups excluding tert-OH is 1. The van der Waals surface area contributed by atoms with Crippen LogP contribution >= 0.6 is 0 Å². The number of likely N-dealkylation sites (tertiary alicyclic amines) is 1. The van der Waals surface area contributed by atoms with Crippen molar-refractivity contribution in [2.24, 2.45) is 5.92 Å². The van der Waals surface area contributed by atoms with Gasteiger partial charge in [0.05, 0.1) is 6.10 Å². The minimum absolute atomic E-state index is 0.181. The number of piperidine rings is 1. The van der Waals surface area contributed by atoms with E-state index in [4.69, 9.17) is 0 Å². The number of carbonyl (C=O) groups excluding carboxylic acids is 1. The van der Waals surface area contributed by atoms with Crippen LogP contribution in [0.3, 0.4) is 0 Å². The van der Waals surface area contributed by atoms with E-state index in [1.807, 2.05) is 30.3 Å². The van der Waals surface area contributed by atoms with Crippen LogP contribution in [0.1, 0.15) is 34.5 Å². The van der Waals surface area contributed by atoms with Crippen molar-refractivity contribution < 1.29 is 9.90 Å². The molecular formula is C20H24N2O3. The number of amides is 1. The number of hydrogen-bond acceptors (Lipinski definition) is 3. The van der Waals surface area contributed by atoms with Crippen LogP contribution in [0, 0.1) is 12.8 Å². The Hall–Kier alpha value is -2.40. The predicted molar refractivity (Wildman–Crippen MR) is 96.6 cm³/mol. The molecule has 2 N–H and O–H groups in total. The van der Waals surface area contributed by atoms with Crippen LogP contribution in [0.25, 0.3) is 0 Å². The summed E-state index contributed by atoms with van der Waals surface area (Å²) in [4.78, 5) is 29.2. The van der Waals surface area contributed by atoms with Gasteiger partial charge < -0.3 is 15.0 Å². The number of nitrogens with zero attached hydrogens (tertiary/aromatic N) is 1. The molecule has 1 aromatic carbocycles. The number of aromatic nitrogens is 1. The number of rotatable bonds is 4. The summed E-state index contributed by atoms with van der Waals surface area (Å²) in [5.74, 6) is -0.0437. The first-order chi connectivity index (χ1) is 12.0. The maximum absolute atomic E-state index is 12.5. The molecule has 3 rings (SSSR count). The van der Waals surface area contributed by atoms with Crippen molar-refractivity contribution in [3.63, 3.8) is 0 Å². The van der Waals surface area contributed by atoms with Gasteiger partial charge in [-0.25, -0.2) is 0 Å². The summed E-state index contributed by atoms with van der Waals surface area (Å²) in [5, 5.41) is 10.5. The van der Waals surface area contributed by atoms with Crippen LogP contribution in [0.15, 0.2) is 47.4 Å². The van der Waals surface area contributed by atoms with Crippen LogP contribution in [0.4, 0.5) is 0 Å². The second kappa shape index (κ2) is 7.66. The summed E-state index contributed by atoms with van der Waals surface area (Å²) in [6, 6.07) is 11.4. The second-order valence-corrected chi connectivity index (χ2v) is 6.78. The molecule has 25 heavy (non-hydrogen) atoms. The monoisotopic (exact) mass is 340 g/mol. The third-order valence-electron chi connectivity index (χ3n) is 4.95. The molecule has 0 saturated carbocycles. The lowest BCUT2D eigenvalue weighted by molar-refractivity contribution is 0.0466. The fourth-order valence-corrected chi connectivity index (χ4v) is 3.42. The number of carbonyl (C=O) groups is 1. The Labute approximate surface area is 147 Å². The molecule has 2 heterocycles. The Bertz CT molecular complexity index is 777. The van der Waals surface area contributed by atoms with Gasteiger partial charge in [-0.05, 0) is 37.7 Å². The summed E-state index contributed by atoms with van der Waals surface area (Å²) in [7, 11) is 0. The van der Waals surface area contributed by atoms with Gasteiger partial charge in [-0.1, -0.05) is 30.3 Å². The fraction of sp³-hybridized carbons (Fsp3) is 0.400. The molecule has 1 atom stereocenters. The van der Waals surface area contributed by atoms with Gasteiger partial charge in [0.1, 0.15) is 5.56 Å². The molecule has 1 amide bonds. The third kappa shape index (κ3) is 4.17. The summed E-state index contributed by atoms with van der Waals surface area (Å²) in [6.07, 6.45) is 3.24. The van der Waals surface area contributed by atoms with Crippen molar-refractivity contribution in [3.05, 3.63) is 69.6 Å². The molecule has 5 heteroatoms. The SMILES string of the molecule is Cc1cc(=O)c(C(=O)N2CCC([C@@H](O)Cc3ccccc3)CC2)c[nH]1. The van der Waals surface area contributed by atoms with Crippen molar-refractivity contribution in [2.75, 3.05) is 13.1 Å². The van der Waals surface area contributed by atoms with Gasteiger partial charge in [0.15, 0.2) is 5.43 Å². The van der Waals surface area contributed by atoms with E-state index in [9.17, 15) is 14.7 Å². The molecule has 0 spiro atoms. The van der Waals surface area contributed by atoms with Gasteiger partial charge in [0.25, 0.3) is 5.91 Å². The van der Waals surface area contributed by atoms with Crippen molar-refractivity contribution in [3.8, 4) is 0 Å². The lowest BCUT2D eigenvalue weighted by atomic mass is 9.88. The molecule has 5 nitrogen and oxygen atoms in total. The molecule has 0 bridgehead atoms. The highest BCUT2D eigenvalue weighted by Crippen LogP contribution is 2.23. The summed E-state index contributed by atoms with van der Waals surface area (Å²) in [5.41, 5.74) is 1.81. The van der Waals surface area contributed by atoms with Gasteiger partial charge >= 0.3 is 0 Å². The molecule has 1 aromatic heterocycles. The standard InChI is InChI=1S/C20H24N2O3/c1-14-11-19(24)17(13-21-14)20(25)22-9-7-16(8-10-22)18(23)12-15-5-3-2-4-6-15/h2-6,11,13,16,18,23H,7-10,12H2,1H3,(H,21,24)/t18-/m0/s1. The molecule has 0 aliphatic carbocycles. The number of aryl methyl sites for hydroxylation is 1. The second-order valence-electron chi connectivity index (χ2n) is 6.78. The average Bonchev–Trinajstić information content (AvgIpc) is 2.62. The lowest BCUT2D eigenvalue weighted by Gasteiger charge is -2.34. The quantitative estimate of drug-likeness (QED) is 0.895. The van der Waals surface area contributed by atoms with Crippen LogP contribution < -0.4 is 5.43 Å². The molecule has 1 aliphatic rings. The van der Waals surface area contributed by atoms with E-state index in [-0.39, 0.29) is 22.8 Å². The van der Waals surface area contributed by atoms with Crippen LogP contribution in [0.5, 0.6) is 0 Å². The maximum Gasteiger partial charge on any atom is 0.259 e. The van der Waals surface area contributed by atoms with E-state index in [2.05, 4.69) is 4.98 Å². The molecule has 0 radical (unpaired) electrons. The van der Waals surface area contributed by atoms with Crippen LogP contribution in [-0.4, -0.2) is 40.1 Å². The highest BCUT2D eigenvalue weighted by atomic mass is 16.3. The zero-order chi connectivity index (χ0) is 17.8. The Morgan fingerprint density at radius 2 is 1.96 bits per heavy atom. The third-order valence-corrected chi connectivity index (χ3v) is 4.95. The number of aromatic amines is 1. The predicted octanol–water partition coefficient (Wildman–Crippen LogP) is 2.14. The molecule has 132 valence electrons. The van der Waals surface area contributed by atoms with Crippen LogP contribution in [-0.2, 0) is 6.42 Å². The average molecular weight is 340 g/mol. The van der Waals surface area contributed by atoms with E-state index in [0.29, 0.717) is 19.5 Å². The molecule has 2 aromatic rings. The first-order valence-electron chi connectivity index (χ1n) is 8.75. The van der Waals surface area contributed by atoms with Gasteiger partial charge in [0.2, 0.25) is 0 Å². The van der Waals surface area contributed by atoms with Crippen molar-refractivity contribution >= 4 is 5.91 Å². The highest BCUT2D eigenvalue weighted by Gasteiger charge is 2.28. The minimum atomic E-state index is -0.401. The number of hydrogen-bond donors (Lipinski definition) is 2. The van der Waals surface area contributed by atoms with E-state index in [1.165, 1.54) is 12.3 Å². The van der Waals surface area contributed by atoms with Gasteiger partial charge in [-0.3, -0.25) is 9.59 Å². The Morgan fingerprint density at radius 3 is 2.60 bits per heavy atom. The van der Waals surface area contributed by atoms with Gasteiger partial charge in [-0.15, -0.1) is 0 Å². The minimum Gasteiger partial charge on any atom is -0.392 e. The number of nitrogens with one attached hydrogen (secondary N) is 1. The van der Waals surface area contributed by atoms with Crippen molar-refractivity contribution in [1.82, 2.24) is 9.88 Å². The van der Waals surface area contributed by atoms with Crippen LogP contribution in [0.2, 0.25) is 0 Å². The largest absolute Gasteiger partial charge is 0.392 e. The van der Waals surface area contributed by atoms with E-state index >= 15 is 0 Å². The highest BCUT2D eigenvalue weighted by molar-refractivity contribution is 5.93. The van der Waals surface area contributed by atoms with Crippen molar-refractivity contribution in [2.45, 2.75) is 32.3 Å². The molecule has 1 fully saturated rings. The molecule has 1 saturated heterocycles. The van der Waals surface area contributed by atoms with Gasteiger partial charge in [-0.2, -0.15) is 0 Å². The first-order valence-corrected chi connectivity index (χ1v) is 8.75. The number of H-pyrrole nitrogens is 1. The first kappa shape index (κ1) is 17.4. The maximum atomic E-state index is 12.5. The van der Waals surface area contributed by atoms with E-state index in [0.717, 1.165) is 24.1 Å². The Morgan fingerprint density at radius 1 is 1.28 bits per heavy atom. The Balaban J connectivity index is 1.58. The summed E-state index contributed by atoms with van der Waals surface area (Å²) >= 11 is 0. The number of benzene rings is 1. The Kier molecular flexibility index (Phi) is 5.34. The van der Waals surface area contributed by atoms with E-state index in [1.54, 1.807) is 11.8 Å². The zero-order valence-electron chi connectivity index (χ0n) is 14.4. The topological polar surface area (TPSA) is 73.4 Å². The molecular weight excluding hydrogens is 316 g/mol. The number of aliphatic hydroxyl groups is 1. The van der Waals surface area contributed by atoms with E-state index < -0.39 is 6.10 Å².